The molecule has 0 saturated carbocycles. The Labute approximate surface area is 162 Å². The Balaban J connectivity index is 1.90. The van der Waals surface area contributed by atoms with Crippen LogP contribution in [-0.2, 0) is 11.2 Å². The first-order chi connectivity index (χ1) is 13.1. The van der Waals surface area contributed by atoms with Crippen LogP contribution in [0.15, 0.2) is 42.5 Å². The topological polar surface area (TPSA) is 85.9 Å². The highest BCUT2D eigenvalue weighted by atomic mass is 35.5. The summed E-state index contributed by atoms with van der Waals surface area (Å²) in [6, 6.07) is 15.1. The van der Waals surface area contributed by atoms with E-state index in [-0.39, 0.29) is 11.9 Å². The molecule has 1 unspecified atom stereocenters. The molecule has 1 aromatic heterocycles. The maximum absolute atomic E-state index is 12.8. The van der Waals surface area contributed by atoms with Gasteiger partial charge in [0.05, 0.1) is 17.7 Å². The summed E-state index contributed by atoms with van der Waals surface area (Å²) in [6.45, 7) is 0.919. The molecular weight excluding hydrogens is 360 g/mol. The number of rotatable bonds is 3. The zero-order valence-corrected chi connectivity index (χ0v) is 15.5. The van der Waals surface area contributed by atoms with Crippen molar-refractivity contribution in [3.63, 3.8) is 0 Å². The van der Waals surface area contributed by atoms with Crippen molar-refractivity contribution in [3.05, 3.63) is 69.9 Å². The molecule has 0 bridgehead atoms. The minimum absolute atomic E-state index is 0.0206. The molecule has 2 aromatic carbocycles. The van der Waals surface area contributed by atoms with E-state index in [2.05, 4.69) is 11.1 Å². The van der Waals surface area contributed by atoms with E-state index in [9.17, 15) is 10.1 Å². The van der Waals surface area contributed by atoms with Crippen molar-refractivity contribution in [3.8, 4) is 6.07 Å². The third-order valence-corrected chi connectivity index (χ3v) is 5.33. The maximum atomic E-state index is 12.8. The highest BCUT2D eigenvalue weighted by Crippen LogP contribution is 2.39. The molecule has 1 atom stereocenters. The van der Waals surface area contributed by atoms with Crippen LogP contribution >= 0.6 is 11.6 Å². The molecule has 0 radical (unpaired) electrons. The minimum atomic E-state index is -0.271. The number of nitrogens with one attached hydrogen (secondary N) is 1. The Morgan fingerprint density at radius 2 is 2.19 bits per heavy atom. The van der Waals surface area contributed by atoms with Crippen LogP contribution < -0.4 is 5.73 Å². The lowest BCUT2D eigenvalue weighted by molar-refractivity contribution is -0.133. The number of carbonyl (C=O) groups is 1. The quantitative estimate of drug-likeness (QED) is 0.731. The second-order valence-electron chi connectivity index (χ2n) is 6.72. The summed E-state index contributed by atoms with van der Waals surface area (Å²) in [6.07, 6.45) is 1.05. The minimum Gasteiger partial charge on any atom is -0.356 e. The Bertz CT molecular complexity index is 1070. The zero-order valence-electron chi connectivity index (χ0n) is 14.7. The molecule has 1 amide bonds. The van der Waals surface area contributed by atoms with Gasteiger partial charge < -0.3 is 15.6 Å². The molecular formula is C21H19ClN4O. The van der Waals surface area contributed by atoms with Gasteiger partial charge in [0.25, 0.3) is 0 Å². The van der Waals surface area contributed by atoms with Crippen LogP contribution in [0.1, 0.15) is 34.8 Å². The molecule has 3 N–H and O–H groups in total. The molecule has 1 aliphatic heterocycles. The van der Waals surface area contributed by atoms with E-state index < -0.39 is 0 Å². The Kier molecular flexibility index (Phi) is 4.61. The monoisotopic (exact) mass is 378 g/mol. The van der Waals surface area contributed by atoms with Crippen LogP contribution in [0, 0.1) is 11.3 Å². The number of nitrogens with two attached hydrogens (primary N) is 1. The lowest BCUT2D eigenvalue weighted by Crippen LogP contribution is -2.41. The Morgan fingerprint density at radius 1 is 1.33 bits per heavy atom. The highest BCUT2D eigenvalue weighted by molar-refractivity contribution is 6.31. The number of nitriles is 1. The van der Waals surface area contributed by atoms with Gasteiger partial charge in [-0.1, -0.05) is 23.7 Å². The molecule has 0 fully saturated rings. The number of nitrogens with zero attached hydrogens (tertiary/aromatic N) is 2. The zero-order chi connectivity index (χ0) is 19.0. The number of benzene rings is 2. The number of hydrogen-bond acceptors (Lipinski definition) is 3. The van der Waals surface area contributed by atoms with Crippen molar-refractivity contribution in [1.82, 2.24) is 9.88 Å². The second kappa shape index (κ2) is 7.07. The van der Waals surface area contributed by atoms with E-state index in [0.717, 1.165) is 28.6 Å². The van der Waals surface area contributed by atoms with Crippen LogP contribution in [0.4, 0.5) is 0 Å². The number of amides is 1. The number of aromatic amines is 1. The first-order valence-corrected chi connectivity index (χ1v) is 9.29. The highest BCUT2D eigenvalue weighted by Gasteiger charge is 2.34. The van der Waals surface area contributed by atoms with Crippen LogP contribution in [-0.4, -0.2) is 28.9 Å². The van der Waals surface area contributed by atoms with Crippen LogP contribution in [0.3, 0.4) is 0 Å². The summed E-state index contributed by atoms with van der Waals surface area (Å²) in [5.41, 5.74) is 10.3. The number of hydrogen-bond donors (Lipinski definition) is 2. The standard InChI is InChI=1S/C21H19ClN4O/c22-15-4-5-18-17(11-15)16-7-9-26(19(27)6-8-23)21(20(16)25-18)14-3-1-2-13(10-14)12-24/h1-5,10-11,21,25H,6-9,23H2. The fraction of sp³-hybridized carbons (Fsp3) is 0.238. The van der Waals surface area contributed by atoms with Gasteiger partial charge >= 0.3 is 0 Å². The Hall–Kier alpha value is -2.81. The fourth-order valence-electron chi connectivity index (χ4n) is 3.92. The largest absolute Gasteiger partial charge is 0.356 e. The van der Waals surface area contributed by atoms with Gasteiger partial charge in [-0.15, -0.1) is 0 Å². The molecule has 136 valence electrons. The molecule has 5 nitrogen and oxygen atoms in total. The van der Waals surface area contributed by atoms with E-state index in [0.29, 0.717) is 30.1 Å². The van der Waals surface area contributed by atoms with Gasteiger partial charge in [0.15, 0.2) is 0 Å². The number of aromatic nitrogens is 1. The maximum Gasteiger partial charge on any atom is 0.224 e. The first-order valence-electron chi connectivity index (χ1n) is 8.92. The normalized spacial score (nSPS) is 16.2. The van der Waals surface area contributed by atoms with E-state index in [1.54, 1.807) is 6.07 Å². The summed E-state index contributed by atoms with van der Waals surface area (Å²) in [4.78, 5) is 18.1. The van der Waals surface area contributed by atoms with Gasteiger partial charge in [0, 0.05) is 41.1 Å². The van der Waals surface area contributed by atoms with Gasteiger partial charge in [-0.05, 0) is 47.9 Å². The molecule has 1 aliphatic rings. The summed E-state index contributed by atoms with van der Waals surface area (Å²) >= 11 is 6.20. The summed E-state index contributed by atoms with van der Waals surface area (Å²) < 4.78 is 0. The third-order valence-electron chi connectivity index (χ3n) is 5.10. The lowest BCUT2D eigenvalue weighted by Gasteiger charge is -2.36. The van der Waals surface area contributed by atoms with E-state index in [4.69, 9.17) is 17.3 Å². The van der Waals surface area contributed by atoms with Gasteiger partial charge in [-0.2, -0.15) is 5.26 Å². The number of halogens is 1. The number of carbonyl (C=O) groups excluding carboxylic acids is 1. The van der Waals surface area contributed by atoms with Crippen molar-refractivity contribution < 1.29 is 4.79 Å². The second-order valence-corrected chi connectivity index (χ2v) is 7.16. The van der Waals surface area contributed by atoms with Crippen molar-refractivity contribution in [2.75, 3.05) is 13.1 Å². The molecule has 0 aliphatic carbocycles. The van der Waals surface area contributed by atoms with E-state index >= 15 is 0 Å². The average Bonchev–Trinajstić information content (AvgIpc) is 3.05. The van der Waals surface area contributed by atoms with Crippen LogP contribution in [0.2, 0.25) is 5.02 Å². The molecule has 0 saturated heterocycles. The van der Waals surface area contributed by atoms with Gasteiger partial charge in [0.2, 0.25) is 5.91 Å². The van der Waals surface area contributed by atoms with Gasteiger partial charge in [-0.25, -0.2) is 0 Å². The van der Waals surface area contributed by atoms with Crippen molar-refractivity contribution in [1.29, 1.82) is 5.26 Å². The Morgan fingerprint density at radius 3 is 2.96 bits per heavy atom. The fourth-order valence-corrected chi connectivity index (χ4v) is 4.09. The predicted molar refractivity (Wildman–Crippen MR) is 105 cm³/mol. The van der Waals surface area contributed by atoms with E-state index in [1.807, 2.05) is 41.3 Å². The lowest BCUT2D eigenvalue weighted by atomic mass is 9.91. The van der Waals surface area contributed by atoms with Gasteiger partial charge in [0.1, 0.15) is 0 Å². The van der Waals surface area contributed by atoms with Gasteiger partial charge in [-0.3, -0.25) is 4.79 Å². The van der Waals surface area contributed by atoms with Crippen molar-refractivity contribution >= 4 is 28.4 Å². The summed E-state index contributed by atoms with van der Waals surface area (Å²) in [5, 5.41) is 11.1. The average molecular weight is 379 g/mol. The molecule has 6 heteroatoms. The van der Waals surface area contributed by atoms with E-state index in [1.165, 1.54) is 5.56 Å². The smallest absolute Gasteiger partial charge is 0.224 e. The van der Waals surface area contributed by atoms with Crippen molar-refractivity contribution in [2.24, 2.45) is 5.73 Å². The van der Waals surface area contributed by atoms with Crippen LogP contribution in [0.25, 0.3) is 10.9 Å². The number of fused-ring (bicyclic) bond motifs is 3. The molecule has 0 spiro atoms. The first kappa shape index (κ1) is 17.6. The summed E-state index contributed by atoms with van der Waals surface area (Å²) in [7, 11) is 0. The SMILES string of the molecule is N#Cc1cccc(C2c3[nH]c4ccc(Cl)cc4c3CCN2C(=O)CCN)c1. The molecule has 4 rings (SSSR count). The third kappa shape index (κ3) is 3.08. The predicted octanol–water partition coefficient (Wildman–Crippen LogP) is 3.52. The molecule has 27 heavy (non-hydrogen) atoms. The molecule has 3 aromatic rings. The summed E-state index contributed by atoms with van der Waals surface area (Å²) in [5.74, 6) is 0.0206. The van der Waals surface area contributed by atoms with Crippen molar-refractivity contribution in [2.45, 2.75) is 18.9 Å². The van der Waals surface area contributed by atoms with Crippen LogP contribution in [0.5, 0.6) is 0 Å². The number of H-pyrrole nitrogens is 1. The molecule has 2 heterocycles.